The predicted molar refractivity (Wildman–Crippen MR) is 59.8 cm³/mol. The third kappa shape index (κ3) is 3.62. The molecule has 0 fully saturated rings. The van der Waals surface area contributed by atoms with Gasteiger partial charge >= 0.3 is 0 Å². The molecule has 0 heterocycles. The summed E-state index contributed by atoms with van der Waals surface area (Å²) in [6, 6.07) is 5.90. The lowest BCUT2D eigenvalue weighted by molar-refractivity contribution is 0.0925. The summed E-state index contributed by atoms with van der Waals surface area (Å²) < 4.78 is 18.2. The fraction of sp³-hybridized carbons (Fsp3) is 0.417. The Bertz CT molecular complexity index is 355. The van der Waals surface area contributed by atoms with Crippen molar-refractivity contribution in [2.45, 2.75) is 19.4 Å². The summed E-state index contributed by atoms with van der Waals surface area (Å²) in [5.74, 6) is -0.888. The Kier molecular flexibility index (Phi) is 4.92. The highest BCUT2D eigenvalue weighted by molar-refractivity contribution is 5.94. The van der Waals surface area contributed by atoms with E-state index in [0.717, 1.165) is 0 Å². The van der Waals surface area contributed by atoms with Crippen LogP contribution < -0.4 is 5.32 Å². The molecule has 4 heteroatoms. The van der Waals surface area contributed by atoms with Crippen molar-refractivity contribution in [2.24, 2.45) is 0 Å². The Balaban J connectivity index is 2.56. The topological polar surface area (TPSA) is 38.3 Å². The standard InChI is InChI=1S/C12H16FNO2/c1-9(7-8-16-2)14-12(15)10-5-3-4-6-11(10)13/h3-6,9H,7-8H2,1-2H3,(H,14,15). The summed E-state index contributed by atoms with van der Waals surface area (Å²) in [5.41, 5.74) is 0.0757. The van der Waals surface area contributed by atoms with Crippen molar-refractivity contribution in [2.75, 3.05) is 13.7 Å². The number of carbonyl (C=O) groups is 1. The van der Waals surface area contributed by atoms with E-state index in [2.05, 4.69) is 5.32 Å². The second-order valence-electron chi connectivity index (χ2n) is 3.64. The first-order valence-electron chi connectivity index (χ1n) is 5.19. The Labute approximate surface area is 94.6 Å². The lowest BCUT2D eigenvalue weighted by Gasteiger charge is -2.13. The van der Waals surface area contributed by atoms with E-state index in [1.165, 1.54) is 12.1 Å². The molecule has 0 aliphatic rings. The Morgan fingerprint density at radius 1 is 1.50 bits per heavy atom. The molecule has 0 saturated carbocycles. The molecule has 3 nitrogen and oxygen atoms in total. The third-order valence-electron chi connectivity index (χ3n) is 2.25. The fourth-order valence-corrected chi connectivity index (χ4v) is 1.31. The van der Waals surface area contributed by atoms with E-state index in [1.54, 1.807) is 19.2 Å². The van der Waals surface area contributed by atoms with Crippen molar-refractivity contribution in [3.63, 3.8) is 0 Å². The van der Waals surface area contributed by atoms with Gasteiger partial charge in [-0.15, -0.1) is 0 Å². The van der Waals surface area contributed by atoms with Crippen LogP contribution in [0.3, 0.4) is 0 Å². The zero-order valence-corrected chi connectivity index (χ0v) is 9.50. The van der Waals surface area contributed by atoms with Gasteiger partial charge in [-0.1, -0.05) is 12.1 Å². The molecule has 0 saturated heterocycles. The summed E-state index contributed by atoms with van der Waals surface area (Å²) in [6.45, 7) is 2.43. The number of hydrogen-bond donors (Lipinski definition) is 1. The van der Waals surface area contributed by atoms with Crippen LogP contribution in [0.5, 0.6) is 0 Å². The number of rotatable bonds is 5. The van der Waals surface area contributed by atoms with Crippen LogP contribution in [0.15, 0.2) is 24.3 Å². The van der Waals surface area contributed by atoms with Gasteiger partial charge in [-0.25, -0.2) is 4.39 Å². The minimum absolute atomic E-state index is 0.0351. The lowest BCUT2D eigenvalue weighted by atomic mass is 10.1. The smallest absolute Gasteiger partial charge is 0.254 e. The van der Waals surface area contributed by atoms with Crippen LogP contribution in [0.1, 0.15) is 23.7 Å². The van der Waals surface area contributed by atoms with Gasteiger partial charge in [-0.3, -0.25) is 4.79 Å². The van der Waals surface area contributed by atoms with E-state index in [9.17, 15) is 9.18 Å². The van der Waals surface area contributed by atoms with Crippen molar-refractivity contribution in [1.29, 1.82) is 0 Å². The van der Waals surface area contributed by atoms with Crippen molar-refractivity contribution in [3.05, 3.63) is 35.6 Å². The van der Waals surface area contributed by atoms with Crippen LogP contribution in [0.2, 0.25) is 0 Å². The van der Waals surface area contributed by atoms with Crippen molar-refractivity contribution in [1.82, 2.24) is 5.32 Å². The second-order valence-corrected chi connectivity index (χ2v) is 3.64. The first-order chi connectivity index (χ1) is 7.65. The molecule has 16 heavy (non-hydrogen) atoms. The maximum absolute atomic E-state index is 13.3. The quantitative estimate of drug-likeness (QED) is 0.832. The van der Waals surface area contributed by atoms with Gasteiger partial charge in [0.1, 0.15) is 5.82 Å². The number of methoxy groups -OCH3 is 1. The average molecular weight is 225 g/mol. The molecule has 0 aliphatic carbocycles. The molecule has 0 aliphatic heterocycles. The molecule has 1 aromatic rings. The van der Waals surface area contributed by atoms with Crippen LogP contribution >= 0.6 is 0 Å². The lowest BCUT2D eigenvalue weighted by Crippen LogP contribution is -2.33. The van der Waals surface area contributed by atoms with Crippen LogP contribution in [0.25, 0.3) is 0 Å². The van der Waals surface area contributed by atoms with Gasteiger partial charge in [-0.2, -0.15) is 0 Å². The summed E-state index contributed by atoms with van der Waals surface area (Å²) in [7, 11) is 1.60. The SMILES string of the molecule is COCCC(C)NC(=O)c1ccccc1F. The molecule has 1 unspecified atom stereocenters. The maximum Gasteiger partial charge on any atom is 0.254 e. The molecule has 1 atom stereocenters. The van der Waals surface area contributed by atoms with Gasteiger partial charge in [-0.05, 0) is 25.5 Å². The first kappa shape index (κ1) is 12.6. The zero-order chi connectivity index (χ0) is 12.0. The molecular weight excluding hydrogens is 209 g/mol. The van der Waals surface area contributed by atoms with Gasteiger partial charge in [0, 0.05) is 19.8 Å². The molecular formula is C12H16FNO2. The van der Waals surface area contributed by atoms with E-state index < -0.39 is 5.82 Å². The molecule has 0 spiro atoms. The molecule has 1 aromatic carbocycles. The minimum Gasteiger partial charge on any atom is -0.385 e. The summed E-state index contributed by atoms with van der Waals surface area (Å²) in [4.78, 5) is 11.6. The number of hydrogen-bond acceptors (Lipinski definition) is 2. The molecule has 0 radical (unpaired) electrons. The highest BCUT2D eigenvalue weighted by Gasteiger charge is 2.12. The van der Waals surface area contributed by atoms with E-state index in [-0.39, 0.29) is 17.5 Å². The van der Waals surface area contributed by atoms with Crippen molar-refractivity contribution < 1.29 is 13.9 Å². The van der Waals surface area contributed by atoms with Crippen molar-refractivity contribution in [3.8, 4) is 0 Å². The van der Waals surface area contributed by atoms with Crippen LogP contribution in [-0.2, 0) is 4.74 Å². The van der Waals surface area contributed by atoms with Gasteiger partial charge < -0.3 is 10.1 Å². The third-order valence-corrected chi connectivity index (χ3v) is 2.25. The number of nitrogens with one attached hydrogen (secondary N) is 1. The highest BCUT2D eigenvalue weighted by atomic mass is 19.1. The number of amides is 1. The average Bonchev–Trinajstić information content (AvgIpc) is 2.26. The van der Waals surface area contributed by atoms with Gasteiger partial charge in [0.05, 0.1) is 5.56 Å². The van der Waals surface area contributed by atoms with Gasteiger partial charge in [0.25, 0.3) is 5.91 Å². The number of carbonyl (C=O) groups excluding carboxylic acids is 1. The number of benzene rings is 1. The van der Waals surface area contributed by atoms with E-state index >= 15 is 0 Å². The Morgan fingerprint density at radius 3 is 2.81 bits per heavy atom. The van der Waals surface area contributed by atoms with Crippen molar-refractivity contribution >= 4 is 5.91 Å². The van der Waals surface area contributed by atoms with Crippen LogP contribution in [-0.4, -0.2) is 25.7 Å². The monoisotopic (exact) mass is 225 g/mol. The molecule has 1 rings (SSSR count). The summed E-state index contributed by atoms with van der Waals surface area (Å²) in [5, 5.41) is 2.71. The maximum atomic E-state index is 13.3. The number of ether oxygens (including phenoxy) is 1. The normalized spacial score (nSPS) is 12.2. The molecule has 1 amide bonds. The van der Waals surface area contributed by atoms with E-state index in [1.807, 2.05) is 6.92 Å². The van der Waals surface area contributed by atoms with Gasteiger partial charge in [0.15, 0.2) is 0 Å². The minimum atomic E-state index is -0.501. The summed E-state index contributed by atoms with van der Waals surface area (Å²) in [6.07, 6.45) is 0.705. The molecule has 1 N–H and O–H groups in total. The predicted octanol–water partition coefficient (Wildman–Crippen LogP) is 1.98. The van der Waals surface area contributed by atoms with Crippen LogP contribution in [0.4, 0.5) is 4.39 Å². The highest BCUT2D eigenvalue weighted by Crippen LogP contribution is 2.06. The largest absolute Gasteiger partial charge is 0.385 e. The molecule has 0 aromatic heterocycles. The summed E-state index contributed by atoms with van der Waals surface area (Å²) >= 11 is 0. The van der Waals surface area contributed by atoms with E-state index in [0.29, 0.717) is 13.0 Å². The van der Waals surface area contributed by atoms with Crippen LogP contribution in [0, 0.1) is 5.82 Å². The second kappa shape index (κ2) is 6.23. The Hall–Kier alpha value is -1.42. The molecule has 88 valence electrons. The fourth-order valence-electron chi connectivity index (χ4n) is 1.31. The zero-order valence-electron chi connectivity index (χ0n) is 9.50. The van der Waals surface area contributed by atoms with E-state index in [4.69, 9.17) is 4.74 Å². The Morgan fingerprint density at radius 2 is 2.19 bits per heavy atom. The van der Waals surface area contributed by atoms with Gasteiger partial charge in [0.2, 0.25) is 0 Å². The molecule has 0 bridgehead atoms. The number of halogens is 1. The first-order valence-corrected chi connectivity index (χ1v) is 5.19.